The summed E-state index contributed by atoms with van der Waals surface area (Å²) in [4.78, 5) is 32.3. The molecule has 1 aliphatic rings. The van der Waals surface area contributed by atoms with Crippen LogP contribution < -0.4 is 20.7 Å². The molecule has 0 radical (unpaired) electrons. The number of hydrogen-bond donors (Lipinski definition) is 2. The molecule has 1 aromatic carbocycles. The van der Waals surface area contributed by atoms with E-state index in [9.17, 15) is 9.59 Å². The van der Waals surface area contributed by atoms with Gasteiger partial charge in [0.05, 0.1) is 0 Å². The lowest BCUT2D eigenvalue weighted by Gasteiger charge is -2.14. The SMILES string of the molecule is C[C@@H](Cc1ccc2c(c1)OCO2)c1nccn1-c1c[nH]c(=O)[nH]c1=O. The van der Waals surface area contributed by atoms with Gasteiger partial charge in [-0.2, -0.15) is 0 Å². The average Bonchev–Trinajstić information content (AvgIpc) is 3.23. The number of H-pyrrole nitrogens is 2. The van der Waals surface area contributed by atoms with Gasteiger partial charge in [0.1, 0.15) is 11.5 Å². The van der Waals surface area contributed by atoms with Crippen LogP contribution in [0.15, 0.2) is 46.4 Å². The zero-order valence-electron chi connectivity index (χ0n) is 13.5. The third-order valence-corrected chi connectivity index (χ3v) is 4.15. The van der Waals surface area contributed by atoms with Gasteiger partial charge in [-0.1, -0.05) is 13.0 Å². The normalized spacial score (nSPS) is 13.8. The fourth-order valence-electron chi connectivity index (χ4n) is 2.98. The smallest absolute Gasteiger partial charge is 0.325 e. The quantitative estimate of drug-likeness (QED) is 0.746. The van der Waals surface area contributed by atoms with Crippen molar-refractivity contribution >= 4 is 0 Å². The van der Waals surface area contributed by atoms with Gasteiger partial charge in [-0.25, -0.2) is 9.78 Å². The Morgan fingerprint density at radius 3 is 2.96 bits per heavy atom. The van der Waals surface area contributed by atoms with E-state index in [2.05, 4.69) is 15.0 Å². The van der Waals surface area contributed by atoms with Crippen LogP contribution in [0, 0.1) is 0 Å². The molecule has 8 nitrogen and oxygen atoms in total. The maximum absolute atomic E-state index is 12.0. The van der Waals surface area contributed by atoms with Crippen LogP contribution in [-0.2, 0) is 6.42 Å². The molecule has 0 spiro atoms. The maximum Gasteiger partial charge on any atom is 0.325 e. The Labute approximate surface area is 142 Å². The first-order valence-corrected chi connectivity index (χ1v) is 7.86. The van der Waals surface area contributed by atoms with E-state index < -0.39 is 11.2 Å². The number of aromatic nitrogens is 4. The molecule has 1 atom stereocenters. The van der Waals surface area contributed by atoms with Gasteiger partial charge in [-0.15, -0.1) is 0 Å². The van der Waals surface area contributed by atoms with E-state index in [1.54, 1.807) is 17.0 Å². The second-order valence-electron chi connectivity index (χ2n) is 5.91. The number of ether oxygens (including phenoxy) is 2. The van der Waals surface area contributed by atoms with Gasteiger partial charge in [0.2, 0.25) is 6.79 Å². The Hall–Kier alpha value is -3.29. The summed E-state index contributed by atoms with van der Waals surface area (Å²) in [5.74, 6) is 2.26. The van der Waals surface area contributed by atoms with Gasteiger partial charge in [0.15, 0.2) is 11.5 Å². The van der Waals surface area contributed by atoms with Crippen molar-refractivity contribution < 1.29 is 9.47 Å². The standard InChI is InChI=1S/C17H16N4O4/c1-10(6-11-2-3-13-14(7-11)25-9-24-13)15-18-4-5-21(15)12-8-19-17(23)20-16(12)22/h2-5,7-8,10H,6,9H2,1H3,(H2,19,20,22,23)/t10-/m0/s1. The van der Waals surface area contributed by atoms with Gasteiger partial charge in [0, 0.05) is 24.5 Å². The molecule has 25 heavy (non-hydrogen) atoms. The Kier molecular flexibility index (Phi) is 3.64. The highest BCUT2D eigenvalue weighted by atomic mass is 16.7. The highest BCUT2D eigenvalue weighted by Crippen LogP contribution is 2.33. The van der Waals surface area contributed by atoms with Crippen LogP contribution in [0.25, 0.3) is 5.69 Å². The molecule has 8 heteroatoms. The van der Waals surface area contributed by atoms with E-state index in [4.69, 9.17) is 9.47 Å². The van der Waals surface area contributed by atoms with Gasteiger partial charge in [-0.05, 0) is 24.1 Å². The van der Waals surface area contributed by atoms with Crippen molar-refractivity contribution in [1.82, 2.24) is 19.5 Å². The van der Waals surface area contributed by atoms with Crippen LogP contribution in [0.2, 0.25) is 0 Å². The lowest BCUT2D eigenvalue weighted by atomic mass is 10.00. The Morgan fingerprint density at radius 1 is 1.28 bits per heavy atom. The number of nitrogens with one attached hydrogen (secondary N) is 2. The zero-order chi connectivity index (χ0) is 17.4. The molecule has 2 aromatic heterocycles. The number of imidazole rings is 1. The summed E-state index contributed by atoms with van der Waals surface area (Å²) in [5, 5.41) is 0. The average molecular weight is 340 g/mol. The first-order valence-electron chi connectivity index (χ1n) is 7.86. The molecule has 128 valence electrons. The van der Waals surface area contributed by atoms with Crippen LogP contribution in [-0.4, -0.2) is 26.3 Å². The zero-order valence-corrected chi connectivity index (χ0v) is 13.5. The van der Waals surface area contributed by atoms with E-state index in [-0.39, 0.29) is 12.7 Å². The van der Waals surface area contributed by atoms with Crippen molar-refractivity contribution in [3.8, 4) is 17.2 Å². The molecule has 0 unspecified atom stereocenters. The van der Waals surface area contributed by atoms with E-state index >= 15 is 0 Å². The van der Waals surface area contributed by atoms with Gasteiger partial charge in [-0.3, -0.25) is 14.3 Å². The van der Waals surface area contributed by atoms with Crippen molar-refractivity contribution in [3.63, 3.8) is 0 Å². The van der Waals surface area contributed by atoms with Crippen LogP contribution >= 0.6 is 0 Å². The molecule has 0 amide bonds. The molecule has 1 aliphatic heterocycles. The molecule has 0 saturated heterocycles. The summed E-state index contributed by atoms with van der Waals surface area (Å²) in [6.07, 6.45) is 5.44. The van der Waals surface area contributed by atoms with Crippen LogP contribution in [0.5, 0.6) is 11.5 Å². The monoisotopic (exact) mass is 340 g/mol. The summed E-state index contributed by atoms with van der Waals surface area (Å²) >= 11 is 0. The van der Waals surface area contributed by atoms with Crippen molar-refractivity contribution in [2.24, 2.45) is 0 Å². The minimum atomic E-state index is -0.538. The molecule has 3 heterocycles. The van der Waals surface area contributed by atoms with Crippen molar-refractivity contribution in [1.29, 1.82) is 0 Å². The highest BCUT2D eigenvalue weighted by molar-refractivity contribution is 5.44. The summed E-state index contributed by atoms with van der Waals surface area (Å²) in [6, 6.07) is 5.84. The van der Waals surface area contributed by atoms with E-state index in [1.165, 1.54) is 6.20 Å². The molecule has 0 fully saturated rings. The molecule has 2 N–H and O–H groups in total. The number of nitrogens with zero attached hydrogens (tertiary/aromatic N) is 2. The van der Waals surface area contributed by atoms with E-state index in [0.717, 1.165) is 29.3 Å². The molecule has 3 aromatic rings. The van der Waals surface area contributed by atoms with E-state index in [0.29, 0.717) is 5.69 Å². The van der Waals surface area contributed by atoms with Gasteiger partial charge < -0.3 is 14.5 Å². The van der Waals surface area contributed by atoms with Crippen molar-refractivity contribution in [3.05, 3.63) is 69.0 Å². The number of aromatic amines is 2. The second-order valence-corrected chi connectivity index (χ2v) is 5.91. The van der Waals surface area contributed by atoms with Crippen LogP contribution in [0.4, 0.5) is 0 Å². The molecule has 0 aliphatic carbocycles. The van der Waals surface area contributed by atoms with Crippen molar-refractivity contribution in [2.45, 2.75) is 19.3 Å². The fourth-order valence-corrected chi connectivity index (χ4v) is 2.98. The first kappa shape index (κ1) is 15.3. The van der Waals surface area contributed by atoms with Crippen LogP contribution in [0.1, 0.15) is 24.2 Å². The molecule has 4 rings (SSSR count). The fraction of sp³-hybridized carbons (Fsp3) is 0.235. The predicted octanol–water partition coefficient (Wildman–Crippen LogP) is 1.32. The molecular formula is C17H16N4O4. The summed E-state index contributed by atoms with van der Waals surface area (Å²) in [6.45, 7) is 2.27. The van der Waals surface area contributed by atoms with E-state index in [1.807, 2.05) is 25.1 Å². The Bertz CT molecular complexity index is 1030. The predicted molar refractivity (Wildman–Crippen MR) is 89.5 cm³/mol. The number of hydrogen-bond acceptors (Lipinski definition) is 5. The first-order chi connectivity index (χ1) is 12.1. The molecule has 0 saturated carbocycles. The summed E-state index contributed by atoms with van der Waals surface area (Å²) < 4.78 is 12.4. The Morgan fingerprint density at radius 2 is 2.12 bits per heavy atom. The topological polar surface area (TPSA) is 102 Å². The number of rotatable bonds is 4. The van der Waals surface area contributed by atoms with Gasteiger partial charge in [0.25, 0.3) is 5.56 Å². The molecule has 0 bridgehead atoms. The summed E-state index contributed by atoms with van der Waals surface area (Å²) in [5.41, 5.74) is 0.411. The largest absolute Gasteiger partial charge is 0.454 e. The molecular weight excluding hydrogens is 324 g/mol. The number of benzene rings is 1. The van der Waals surface area contributed by atoms with Crippen molar-refractivity contribution in [2.75, 3.05) is 6.79 Å². The second kappa shape index (κ2) is 5.97. The lowest BCUT2D eigenvalue weighted by molar-refractivity contribution is 0.174. The minimum absolute atomic E-state index is 0.0432. The third-order valence-electron chi connectivity index (χ3n) is 4.15. The summed E-state index contributed by atoms with van der Waals surface area (Å²) in [7, 11) is 0. The maximum atomic E-state index is 12.0. The highest BCUT2D eigenvalue weighted by Gasteiger charge is 2.18. The minimum Gasteiger partial charge on any atom is -0.454 e. The van der Waals surface area contributed by atoms with Crippen LogP contribution in [0.3, 0.4) is 0 Å². The number of fused-ring (bicyclic) bond motifs is 1. The Balaban J connectivity index is 1.63. The van der Waals surface area contributed by atoms with Gasteiger partial charge >= 0.3 is 5.69 Å². The lowest BCUT2D eigenvalue weighted by Crippen LogP contribution is -2.26. The third kappa shape index (κ3) is 2.82.